The summed E-state index contributed by atoms with van der Waals surface area (Å²) in [6.45, 7) is 1.65. The van der Waals surface area contributed by atoms with E-state index >= 15 is 0 Å². The molecule has 0 radical (unpaired) electrons. The van der Waals surface area contributed by atoms with E-state index in [4.69, 9.17) is 9.47 Å². The number of benzene rings is 1. The number of nitrogens with one attached hydrogen (secondary N) is 4. The molecule has 6 rings (SSSR count). The van der Waals surface area contributed by atoms with Crippen molar-refractivity contribution < 1.29 is 28.7 Å². The van der Waals surface area contributed by atoms with Crippen LogP contribution in [0.15, 0.2) is 67.1 Å². The molecule has 1 aliphatic carbocycles. The molecule has 1 saturated carbocycles. The number of nitriles is 1. The second-order valence-corrected chi connectivity index (χ2v) is 15.5. The molecule has 3 aliphatic rings. The number of hydrogen-bond donors (Lipinski definition) is 4. The number of anilines is 2. The van der Waals surface area contributed by atoms with Gasteiger partial charge in [0.05, 0.1) is 69.0 Å². The highest BCUT2D eigenvalue weighted by molar-refractivity contribution is 8.00. The quantitative estimate of drug-likeness (QED) is 0.0904. The van der Waals surface area contributed by atoms with Crippen LogP contribution >= 0.6 is 11.8 Å². The third kappa shape index (κ3) is 11.3. The molecule has 4 heterocycles. The van der Waals surface area contributed by atoms with Crippen molar-refractivity contribution in [3.63, 3.8) is 0 Å². The van der Waals surface area contributed by atoms with Crippen LogP contribution in [-0.4, -0.2) is 89.8 Å². The summed E-state index contributed by atoms with van der Waals surface area (Å²) in [5, 5.41) is 21.7. The van der Waals surface area contributed by atoms with Crippen LogP contribution in [0.1, 0.15) is 78.8 Å². The third-order valence-corrected chi connectivity index (χ3v) is 11.9. The largest absolute Gasteiger partial charge is 0.379 e. The van der Waals surface area contributed by atoms with Crippen molar-refractivity contribution in [1.82, 2.24) is 25.9 Å². The minimum Gasteiger partial charge on any atom is -0.379 e. The number of unbranched alkanes of at least 4 members (excludes halogenated alkanes) is 1. The Hall–Kier alpha value is -5.04. The van der Waals surface area contributed by atoms with E-state index in [0.29, 0.717) is 37.1 Å². The summed E-state index contributed by atoms with van der Waals surface area (Å²) in [6, 6.07) is 17.3. The van der Waals surface area contributed by atoms with Crippen LogP contribution in [0.4, 0.5) is 16.3 Å². The number of nitrogens with zero attached hydrogens (tertiary/aromatic N) is 4. The van der Waals surface area contributed by atoms with Crippen molar-refractivity contribution >= 4 is 47.0 Å². The van der Waals surface area contributed by atoms with Crippen LogP contribution in [0.5, 0.6) is 0 Å². The molecule has 296 valence electrons. The van der Waals surface area contributed by atoms with Gasteiger partial charge in [0, 0.05) is 48.2 Å². The van der Waals surface area contributed by atoms with Gasteiger partial charge in [0.1, 0.15) is 5.82 Å². The Kier molecular flexibility index (Phi) is 15.1. The van der Waals surface area contributed by atoms with E-state index in [9.17, 15) is 24.4 Å². The van der Waals surface area contributed by atoms with Gasteiger partial charge < -0.3 is 30.7 Å². The predicted molar refractivity (Wildman–Crippen MR) is 213 cm³/mol. The molecule has 56 heavy (non-hydrogen) atoms. The molecule has 3 aromatic rings. The van der Waals surface area contributed by atoms with E-state index in [1.54, 1.807) is 30.7 Å². The maximum absolute atomic E-state index is 13.7. The highest BCUT2D eigenvalue weighted by atomic mass is 32.2. The summed E-state index contributed by atoms with van der Waals surface area (Å²) in [7, 11) is 0. The zero-order valence-electron chi connectivity index (χ0n) is 31.5. The molecule has 5 unspecified atom stereocenters. The van der Waals surface area contributed by atoms with Crippen LogP contribution in [0, 0.1) is 17.2 Å². The second-order valence-electron chi connectivity index (χ2n) is 14.3. The molecule has 0 spiro atoms. The smallest absolute Gasteiger partial charge is 0.315 e. The minimum atomic E-state index is -0.399. The molecule has 15 heteroatoms. The molecule has 14 nitrogen and oxygen atoms in total. The van der Waals surface area contributed by atoms with Crippen molar-refractivity contribution in [1.29, 1.82) is 5.26 Å². The average Bonchev–Trinajstić information content (AvgIpc) is 3.95. The third-order valence-electron chi connectivity index (χ3n) is 10.4. The molecular weight excluding hydrogens is 733 g/mol. The number of rotatable bonds is 20. The lowest BCUT2D eigenvalue weighted by atomic mass is 9.90. The maximum atomic E-state index is 13.7. The number of urea groups is 1. The van der Waals surface area contributed by atoms with Crippen LogP contribution in [-0.2, 0) is 25.6 Å². The van der Waals surface area contributed by atoms with Gasteiger partial charge in [-0.05, 0) is 79.1 Å². The number of ether oxygens (including phenoxy) is 2. The van der Waals surface area contributed by atoms with Gasteiger partial charge in [-0.3, -0.25) is 24.3 Å². The first-order valence-corrected chi connectivity index (χ1v) is 20.5. The standard InChI is InChI=1S/C41H50N8O6S/c42-25-30-5-3-6-32(30)29-10-12-31(13-11-29)46-40(52)33-7-4-17-45-39(33)49(26-28-14-18-43-19-15-28)37(51)16-21-54-23-24-55-22-20-44-36(50)9-2-1-8-35-38-34(27-56-35)47-41(53)48-38/h4,7,10-15,17-19,30,32,34-35,38H,1-3,5-6,8-9,16,20-24,26-27H2,(H,44,50)(H,46,52)(H2,47,48,53). The summed E-state index contributed by atoms with van der Waals surface area (Å²) >= 11 is 1.88. The second kappa shape index (κ2) is 20.8. The highest BCUT2D eigenvalue weighted by Gasteiger charge is 2.42. The summed E-state index contributed by atoms with van der Waals surface area (Å²) < 4.78 is 11.3. The maximum Gasteiger partial charge on any atom is 0.315 e. The first-order valence-electron chi connectivity index (χ1n) is 19.5. The number of thioether (sulfide) groups is 1. The summed E-state index contributed by atoms with van der Waals surface area (Å²) in [6.07, 6.45) is 11.0. The van der Waals surface area contributed by atoms with E-state index < -0.39 is 5.91 Å². The van der Waals surface area contributed by atoms with Crippen LogP contribution < -0.4 is 26.2 Å². The van der Waals surface area contributed by atoms with E-state index in [1.165, 1.54) is 4.90 Å². The first-order chi connectivity index (χ1) is 27.4. The molecule has 4 N–H and O–H groups in total. The number of aromatic nitrogens is 2. The Bertz CT molecular complexity index is 1830. The fraction of sp³-hybridized carbons (Fsp3) is 0.488. The number of carbonyl (C=O) groups excluding carboxylic acids is 4. The summed E-state index contributed by atoms with van der Waals surface area (Å²) in [5.74, 6) is 0.718. The molecular formula is C41H50N8O6S. The van der Waals surface area contributed by atoms with Gasteiger partial charge in [0.15, 0.2) is 0 Å². The van der Waals surface area contributed by atoms with Gasteiger partial charge in [0.25, 0.3) is 5.91 Å². The Labute approximate surface area is 331 Å². The lowest BCUT2D eigenvalue weighted by Crippen LogP contribution is -2.36. The summed E-state index contributed by atoms with van der Waals surface area (Å²) in [4.78, 5) is 61.2. The van der Waals surface area contributed by atoms with Crippen LogP contribution in [0.3, 0.4) is 0 Å². The Morgan fingerprint density at radius 2 is 1.75 bits per heavy atom. The number of fused-ring (bicyclic) bond motifs is 1. The van der Waals surface area contributed by atoms with E-state index in [0.717, 1.165) is 55.4 Å². The van der Waals surface area contributed by atoms with E-state index in [-0.39, 0.29) is 79.3 Å². The number of hydrogen-bond acceptors (Lipinski definition) is 10. The van der Waals surface area contributed by atoms with Crippen molar-refractivity contribution in [2.75, 3.05) is 48.9 Å². The molecule has 2 aliphatic heterocycles. The number of pyridine rings is 2. The van der Waals surface area contributed by atoms with Gasteiger partial charge in [0.2, 0.25) is 11.8 Å². The van der Waals surface area contributed by atoms with Gasteiger partial charge in [-0.25, -0.2) is 9.78 Å². The molecule has 3 fully saturated rings. The van der Waals surface area contributed by atoms with Gasteiger partial charge >= 0.3 is 6.03 Å². The monoisotopic (exact) mass is 782 g/mol. The van der Waals surface area contributed by atoms with Crippen molar-refractivity contribution in [2.45, 2.75) is 81.2 Å². The Morgan fingerprint density at radius 3 is 2.55 bits per heavy atom. The highest BCUT2D eigenvalue weighted by Crippen LogP contribution is 2.39. The number of amides is 5. The predicted octanol–water partition coefficient (Wildman–Crippen LogP) is 4.93. The topological polar surface area (TPSA) is 188 Å². The van der Waals surface area contributed by atoms with Gasteiger partial charge in [-0.15, -0.1) is 0 Å². The minimum absolute atomic E-state index is 0.00948. The molecule has 2 aromatic heterocycles. The van der Waals surface area contributed by atoms with Crippen molar-refractivity contribution in [3.8, 4) is 6.07 Å². The van der Waals surface area contributed by atoms with Crippen molar-refractivity contribution in [2.24, 2.45) is 5.92 Å². The first kappa shape index (κ1) is 40.6. The normalized spacial score (nSPS) is 21.1. The fourth-order valence-corrected chi connectivity index (χ4v) is 9.05. The SMILES string of the molecule is N#CC1CCCC1c1ccc(NC(=O)c2cccnc2N(Cc2ccncc2)C(=O)CCOCCOCCNC(=O)CCCCC2SCC3NC(=O)NC32)cc1. The molecule has 5 atom stereocenters. The molecule has 0 bridgehead atoms. The van der Waals surface area contributed by atoms with E-state index in [1.807, 2.05) is 48.2 Å². The number of carbonyl (C=O) groups is 4. The fourth-order valence-electron chi connectivity index (χ4n) is 7.51. The molecule has 5 amide bonds. The Morgan fingerprint density at radius 1 is 0.946 bits per heavy atom. The average molecular weight is 783 g/mol. The Balaban J connectivity index is 0.909. The lowest BCUT2D eigenvalue weighted by molar-refractivity contribution is -0.121. The van der Waals surface area contributed by atoms with Gasteiger partial charge in [-0.1, -0.05) is 25.0 Å². The lowest BCUT2D eigenvalue weighted by Gasteiger charge is -2.24. The zero-order valence-corrected chi connectivity index (χ0v) is 32.3. The van der Waals surface area contributed by atoms with E-state index in [2.05, 4.69) is 37.3 Å². The molecule has 2 saturated heterocycles. The van der Waals surface area contributed by atoms with Crippen LogP contribution in [0.25, 0.3) is 0 Å². The zero-order chi connectivity index (χ0) is 39.1. The van der Waals surface area contributed by atoms with Crippen LogP contribution in [0.2, 0.25) is 0 Å². The van der Waals surface area contributed by atoms with Gasteiger partial charge in [-0.2, -0.15) is 17.0 Å². The summed E-state index contributed by atoms with van der Waals surface area (Å²) in [5.41, 5.74) is 2.77. The molecule has 1 aromatic carbocycles. The van der Waals surface area contributed by atoms with Crippen molar-refractivity contribution in [3.05, 3.63) is 83.8 Å².